The highest BCUT2D eigenvalue weighted by Crippen LogP contribution is 2.52. The van der Waals surface area contributed by atoms with Crippen LogP contribution in [0.1, 0.15) is 59.3 Å². The zero-order chi connectivity index (χ0) is 12.7. The Labute approximate surface area is 103 Å². The smallest absolute Gasteiger partial charge is 0.408 e. The SMILES string of the molecule is CC(C)(C)OC(=O)NC1(C2(O)CC2)CCCC1. The molecule has 0 aromatic heterocycles. The Bertz CT molecular complexity index is 309. The summed E-state index contributed by atoms with van der Waals surface area (Å²) in [7, 11) is 0. The van der Waals surface area contributed by atoms with Gasteiger partial charge in [0.15, 0.2) is 0 Å². The zero-order valence-electron chi connectivity index (χ0n) is 11.0. The van der Waals surface area contributed by atoms with Gasteiger partial charge in [-0.25, -0.2) is 4.79 Å². The standard InChI is InChI=1S/C13H23NO3/c1-11(2,3)17-10(15)14-12(6-4-5-7-12)13(16)8-9-13/h16H,4-9H2,1-3H3,(H,14,15). The first kappa shape index (κ1) is 12.7. The highest BCUT2D eigenvalue weighted by Gasteiger charge is 2.60. The number of aliphatic hydroxyl groups is 1. The second-order valence-electron chi connectivity index (χ2n) is 6.45. The molecule has 2 saturated carbocycles. The van der Waals surface area contributed by atoms with E-state index in [9.17, 15) is 9.90 Å². The van der Waals surface area contributed by atoms with Crippen molar-refractivity contribution in [3.05, 3.63) is 0 Å². The van der Waals surface area contributed by atoms with E-state index in [0.717, 1.165) is 38.5 Å². The maximum absolute atomic E-state index is 11.8. The Morgan fingerprint density at radius 2 is 1.71 bits per heavy atom. The number of hydrogen-bond donors (Lipinski definition) is 2. The van der Waals surface area contributed by atoms with Crippen LogP contribution in [0.15, 0.2) is 0 Å². The van der Waals surface area contributed by atoms with Gasteiger partial charge in [0.25, 0.3) is 0 Å². The monoisotopic (exact) mass is 241 g/mol. The number of nitrogens with one attached hydrogen (secondary N) is 1. The molecule has 0 bridgehead atoms. The maximum atomic E-state index is 11.8. The third-order valence-corrected chi connectivity index (χ3v) is 3.81. The topological polar surface area (TPSA) is 58.6 Å². The molecule has 98 valence electrons. The molecule has 2 fully saturated rings. The number of alkyl carbamates (subject to hydrolysis) is 1. The number of amides is 1. The summed E-state index contributed by atoms with van der Waals surface area (Å²) in [4.78, 5) is 11.8. The van der Waals surface area contributed by atoms with E-state index in [1.807, 2.05) is 20.8 Å². The van der Waals surface area contributed by atoms with Gasteiger partial charge in [0, 0.05) is 0 Å². The first-order valence-electron chi connectivity index (χ1n) is 6.50. The van der Waals surface area contributed by atoms with Gasteiger partial charge in [0.1, 0.15) is 5.60 Å². The zero-order valence-corrected chi connectivity index (χ0v) is 11.0. The largest absolute Gasteiger partial charge is 0.444 e. The summed E-state index contributed by atoms with van der Waals surface area (Å²) in [6.07, 6.45) is 5.05. The van der Waals surface area contributed by atoms with E-state index >= 15 is 0 Å². The highest BCUT2D eigenvalue weighted by atomic mass is 16.6. The lowest BCUT2D eigenvalue weighted by molar-refractivity contribution is 0.0113. The summed E-state index contributed by atoms with van der Waals surface area (Å²) in [6, 6.07) is 0. The molecule has 0 saturated heterocycles. The first-order chi connectivity index (χ1) is 7.77. The molecule has 0 aromatic rings. The van der Waals surface area contributed by atoms with Crippen LogP contribution in [-0.2, 0) is 4.74 Å². The number of rotatable bonds is 2. The van der Waals surface area contributed by atoms with Crippen LogP contribution in [0.5, 0.6) is 0 Å². The third kappa shape index (κ3) is 2.57. The van der Waals surface area contributed by atoms with Gasteiger partial charge in [-0.2, -0.15) is 0 Å². The molecular weight excluding hydrogens is 218 g/mol. The van der Waals surface area contributed by atoms with Crippen molar-refractivity contribution < 1.29 is 14.6 Å². The molecule has 2 aliphatic carbocycles. The van der Waals surface area contributed by atoms with E-state index in [1.165, 1.54) is 0 Å². The van der Waals surface area contributed by atoms with E-state index in [2.05, 4.69) is 5.32 Å². The number of ether oxygens (including phenoxy) is 1. The summed E-state index contributed by atoms with van der Waals surface area (Å²) in [5.41, 5.74) is -1.61. The minimum atomic E-state index is -0.680. The molecule has 2 rings (SSSR count). The molecule has 0 aliphatic heterocycles. The Morgan fingerprint density at radius 1 is 1.18 bits per heavy atom. The van der Waals surface area contributed by atoms with Crippen LogP contribution < -0.4 is 5.32 Å². The molecular formula is C13H23NO3. The minimum Gasteiger partial charge on any atom is -0.444 e. The van der Waals surface area contributed by atoms with Crippen LogP contribution >= 0.6 is 0 Å². The Kier molecular flexibility index (Phi) is 2.89. The number of hydrogen-bond acceptors (Lipinski definition) is 3. The minimum absolute atomic E-state index is 0.403. The molecule has 1 amide bonds. The normalized spacial score (nSPS) is 25.4. The van der Waals surface area contributed by atoms with Crippen molar-refractivity contribution in [3.63, 3.8) is 0 Å². The van der Waals surface area contributed by atoms with Crippen LogP contribution in [0.25, 0.3) is 0 Å². The van der Waals surface area contributed by atoms with Crippen LogP contribution in [-0.4, -0.2) is 27.9 Å². The lowest BCUT2D eigenvalue weighted by atomic mass is 9.88. The fraction of sp³-hybridized carbons (Fsp3) is 0.923. The molecule has 0 aromatic carbocycles. The Balaban J connectivity index is 2.02. The summed E-state index contributed by atoms with van der Waals surface area (Å²) in [5.74, 6) is 0. The van der Waals surface area contributed by atoms with Gasteiger partial charge < -0.3 is 15.2 Å². The van der Waals surface area contributed by atoms with Crippen molar-refractivity contribution in [1.29, 1.82) is 0 Å². The number of carbonyl (C=O) groups excluding carboxylic acids is 1. The van der Waals surface area contributed by atoms with Crippen LogP contribution in [0, 0.1) is 0 Å². The molecule has 0 unspecified atom stereocenters. The number of carbonyl (C=O) groups is 1. The summed E-state index contributed by atoms with van der Waals surface area (Å²) in [5, 5.41) is 13.3. The van der Waals surface area contributed by atoms with Gasteiger partial charge in [0.2, 0.25) is 0 Å². The van der Waals surface area contributed by atoms with Gasteiger partial charge in [-0.3, -0.25) is 0 Å². The molecule has 0 atom stereocenters. The second-order valence-corrected chi connectivity index (χ2v) is 6.45. The Hall–Kier alpha value is -0.770. The van der Waals surface area contributed by atoms with Crippen molar-refractivity contribution in [2.24, 2.45) is 0 Å². The van der Waals surface area contributed by atoms with Crippen molar-refractivity contribution in [1.82, 2.24) is 5.32 Å². The summed E-state index contributed by atoms with van der Waals surface area (Å²) >= 11 is 0. The maximum Gasteiger partial charge on any atom is 0.408 e. The molecule has 2 N–H and O–H groups in total. The summed E-state index contributed by atoms with van der Waals surface area (Å²) in [6.45, 7) is 5.54. The lowest BCUT2D eigenvalue weighted by Crippen LogP contribution is -2.57. The highest BCUT2D eigenvalue weighted by molar-refractivity contribution is 5.69. The molecule has 2 aliphatic rings. The van der Waals surface area contributed by atoms with Crippen molar-refractivity contribution in [2.45, 2.75) is 76.0 Å². The van der Waals surface area contributed by atoms with Crippen molar-refractivity contribution >= 4 is 6.09 Å². The van der Waals surface area contributed by atoms with Crippen molar-refractivity contribution in [2.75, 3.05) is 0 Å². The predicted octanol–water partition coefficient (Wildman–Crippen LogP) is 2.35. The van der Waals surface area contributed by atoms with Gasteiger partial charge in [-0.1, -0.05) is 12.8 Å². The molecule has 0 radical (unpaired) electrons. The van der Waals surface area contributed by atoms with E-state index in [-0.39, 0.29) is 0 Å². The predicted molar refractivity (Wildman–Crippen MR) is 64.8 cm³/mol. The molecule has 0 spiro atoms. The van der Waals surface area contributed by atoms with E-state index in [0.29, 0.717) is 0 Å². The molecule has 4 nitrogen and oxygen atoms in total. The fourth-order valence-electron chi connectivity index (χ4n) is 2.78. The van der Waals surface area contributed by atoms with Gasteiger partial charge in [-0.15, -0.1) is 0 Å². The van der Waals surface area contributed by atoms with Gasteiger partial charge in [-0.05, 0) is 46.5 Å². The van der Waals surface area contributed by atoms with Crippen LogP contribution in [0.2, 0.25) is 0 Å². The molecule has 0 heterocycles. The second kappa shape index (κ2) is 3.87. The third-order valence-electron chi connectivity index (χ3n) is 3.81. The molecule has 4 heteroatoms. The quantitative estimate of drug-likeness (QED) is 0.780. The van der Waals surface area contributed by atoms with Crippen LogP contribution in [0.4, 0.5) is 4.79 Å². The van der Waals surface area contributed by atoms with Crippen LogP contribution in [0.3, 0.4) is 0 Å². The summed E-state index contributed by atoms with van der Waals surface area (Å²) < 4.78 is 5.29. The van der Waals surface area contributed by atoms with Crippen molar-refractivity contribution in [3.8, 4) is 0 Å². The van der Waals surface area contributed by atoms with E-state index in [4.69, 9.17) is 4.74 Å². The van der Waals surface area contributed by atoms with Gasteiger partial charge in [0.05, 0.1) is 11.1 Å². The average Bonchev–Trinajstić information content (AvgIpc) is 2.74. The Morgan fingerprint density at radius 3 is 2.12 bits per heavy atom. The fourth-order valence-corrected chi connectivity index (χ4v) is 2.78. The molecule has 17 heavy (non-hydrogen) atoms. The van der Waals surface area contributed by atoms with Gasteiger partial charge >= 0.3 is 6.09 Å². The first-order valence-corrected chi connectivity index (χ1v) is 6.50. The average molecular weight is 241 g/mol. The van der Waals surface area contributed by atoms with E-state index < -0.39 is 22.8 Å². The van der Waals surface area contributed by atoms with E-state index in [1.54, 1.807) is 0 Å². The lowest BCUT2D eigenvalue weighted by Gasteiger charge is -2.36.